The van der Waals surface area contributed by atoms with Crippen molar-refractivity contribution in [2.24, 2.45) is 0 Å². The first-order chi connectivity index (χ1) is 8.65. The van der Waals surface area contributed by atoms with E-state index >= 15 is 0 Å². The molecule has 5 nitrogen and oxygen atoms in total. The molecule has 0 heterocycles. The fraction of sp³-hybridized carbons (Fsp3) is 0.462. The lowest BCUT2D eigenvalue weighted by atomic mass is 10.1. The number of nitrogens with two attached hydrogens (primary N) is 1. The first-order valence-corrected chi connectivity index (χ1v) is 5.98. The van der Waals surface area contributed by atoms with Gasteiger partial charge >= 0.3 is 5.97 Å². The van der Waals surface area contributed by atoms with Crippen LogP contribution in [0.4, 0.5) is 11.4 Å². The number of para-hydroxylation sites is 1. The van der Waals surface area contributed by atoms with Crippen molar-refractivity contribution in [3.63, 3.8) is 0 Å². The number of ether oxygens (including phenoxy) is 1. The van der Waals surface area contributed by atoms with Crippen molar-refractivity contribution in [1.29, 1.82) is 0 Å². The maximum Gasteiger partial charge on any atom is 0.340 e. The van der Waals surface area contributed by atoms with Gasteiger partial charge in [0.2, 0.25) is 0 Å². The van der Waals surface area contributed by atoms with Crippen molar-refractivity contribution in [3.8, 4) is 0 Å². The minimum absolute atomic E-state index is 0.108. The molecular formula is C13H20N2O3. The van der Waals surface area contributed by atoms with Gasteiger partial charge in [0.1, 0.15) is 0 Å². The Balaban J connectivity index is 3.14. The quantitative estimate of drug-likeness (QED) is 0.589. The molecule has 5 heteroatoms. The summed E-state index contributed by atoms with van der Waals surface area (Å²) in [6.45, 7) is 3.44. The van der Waals surface area contributed by atoms with Crippen LogP contribution < -0.4 is 10.6 Å². The lowest BCUT2D eigenvalue weighted by molar-refractivity contribution is 0.0601. The molecule has 0 amide bonds. The first kappa shape index (κ1) is 14.3. The van der Waals surface area contributed by atoms with Crippen LogP contribution in [-0.4, -0.2) is 37.9 Å². The summed E-state index contributed by atoms with van der Waals surface area (Å²) in [5.41, 5.74) is 7.63. The summed E-state index contributed by atoms with van der Waals surface area (Å²) >= 11 is 0. The van der Waals surface area contributed by atoms with E-state index in [1.807, 2.05) is 11.8 Å². The predicted octanol–water partition coefficient (Wildman–Crippen LogP) is 1.26. The Labute approximate surface area is 107 Å². The number of benzene rings is 1. The number of nitrogen functional groups attached to an aromatic ring is 1. The third kappa shape index (κ3) is 3.13. The van der Waals surface area contributed by atoms with Gasteiger partial charge in [-0.2, -0.15) is 0 Å². The van der Waals surface area contributed by atoms with Crippen LogP contribution in [0.1, 0.15) is 23.7 Å². The van der Waals surface area contributed by atoms with E-state index in [9.17, 15) is 4.79 Å². The molecule has 0 fully saturated rings. The van der Waals surface area contributed by atoms with E-state index in [-0.39, 0.29) is 6.61 Å². The molecule has 0 aliphatic heterocycles. The zero-order chi connectivity index (χ0) is 13.5. The van der Waals surface area contributed by atoms with Crippen LogP contribution in [0.2, 0.25) is 0 Å². The Morgan fingerprint density at radius 3 is 2.78 bits per heavy atom. The summed E-state index contributed by atoms with van der Waals surface area (Å²) in [7, 11) is 1.35. The van der Waals surface area contributed by atoms with E-state index in [2.05, 4.69) is 0 Å². The lowest BCUT2D eigenvalue weighted by Gasteiger charge is -2.26. The van der Waals surface area contributed by atoms with Crippen LogP contribution in [0.15, 0.2) is 18.2 Å². The molecule has 0 atom stereocenters. The summed E-state index contributed by atoms with van der Waals surface area (Å²) < 4.78 is 4.76. The van der Waals surface area contributed by atoms with Crippen LogP contribution in [0.5, 0.6) is 0 Å². The Morgan fingerprint density at radius 2 is 2.22 bits per heavy atom. The minimum atomic E-state index is -0.403. The topological polar surface area (TPSA) is 75.8 Å². The minimum Gasteiger partial charge on any atom is -0.465 e. The molecule has 0 unspecified atom stereocenters. The molecule has 0 saturated heterocycles. The largest absolute Gasteiger partial charge is 0.465 e. The van der Waals surface area contributed by atoms with E-state index in [1.54, 1.807) is 18.2 Å². The molecule has 1 rings (SSSR count). The van der Waals surface area contributed by atoms with Crippen LogP contribution in [0, 0.1) is 0 Å². The van der Waals surface area contributed by atoms with Gasteiger partial charge < -0.3 is 20.5 Å². The molecule has 100 valence electrons. The van der Waals surface area contributed by atoms with Gasteiger partial charge in [0.25, 0.3) is 0 Å². The second kappa shape index (κ2) is 6.86. The predicted molar refractivity (Wildman–Crippen MR) is 71.8 cm³/mol. The monoisotopic (exact) mass is 252 g/mol. The van der Waals surface area contributed by atoms with Gasteiger partial charge in [0.15, 0.2) is 0 Å². The zero-order valence-corrected chi connectivity index (χ0v) is 10.8. The van der Waals surface area contributed by atoms with Gasteiger partial charge in [-0.15, -0.1) is 0 Å². The van der Waals surface area contributed by atoms with Crippen LogP contribution in [0.25, 0.3) is 0 Å². The number of hydrogen-bond acceptors (Lipinski definition) is 5. The van der Waals surface area contributed by atoms with Crippen LogP contribution >= 0.6 is 0 Å². The normalized spacial score (nSPS) is 10.2. The number of methoxy groups -OCH3 is 1. The second-order valence-corrected chi connectivity index (χ2v) is 3.89. The van der Waals surface area contributed by atoms with Crippen LogP contribution in [-0.2, 0) is 4.74 Å². The smallest absolute Gasteiger partial charge is 0.340 e. The molecule has 0 aliphatic rings. The van der Waals surface area contributed by atoms with Gasteiger partial charge in [-0.25, -0.2) is 4.79 Å². The van der Waals surface area contributed by atoms with Crippen molar-refractivity contribution < 1.29 is 14.6 Å². The number of carbonyl (C=O) groups excluding carboxylic acids is 1. The van der Waals surface area contributed by atoms with Crippen molar-refractivity contribution in [3.05, 3.63) is 23.8 Å². The highest BCUT2D eigenvalue weighted by atomic mass is 16.5. The van der Waals surface area contributed by atoms with Crippen molar-refractivity contribution >= 4 is 17.3 Å². The van der Waals surface area contributed by atoms with Crippen LogP contribution in [0.3, 0.4) is 0 Å². The summed E-state index contributed by atoms with van der Waals surface area (Å²) in [4.78, 5) is 13.7. The Hall–Kier alpha value is -1.75. The van der Waals surface area contributed by atoms with E-state index in [4.69, 9.17) is 15.6 Å². The molecule has 0 aromatic heterocycles. The van der Waals surface area contributed by atoms with E-state index in [0.717, 1.165) is 0 Å². The number of rotatable bonds is 6. The van der Waals surface area contributed by atoms with Crippen molar-refractivity contribution in [1.82, 2.24) is 0 Å². The summed E-state index contributed by atoms with van der Waals surface area (Å²) in [6.07, 6.45) is 0.628. The second-order valence-electron chi connectivity index (χ2n) is 3.89. The highest BCUT2D eigenvalue weighted by molar-refractivity contribution is 5.99. The van der Waals surface area contributed by atoms with Gasteiger partial charge in [-0.05, 0) is 25.5 Å². The number of aliphatic hydroxyl groups excluding tert-OH is 1. The third-order valence-electron chi connectivity index (χ3n) is 2.76. The van der Waals surface area contributed by atoms with E-state index in [1.165, 1.54) is 7.11 Å². The Kier molecular flexibility index (Phi) is 5.45. The van der Waals surface area contributed by atoms with Gasteiger partial charge in [0.05, 0.1) is 24.0 Å². The molecule has 18 heavy (non-hydrogen) atoms. The molecule has 3 N–H and O–H groups in total. The van der Waals surface area contributed by atoms with Gasteiger partial charge in [-0.1, -0.05) is 6.07 Å². The fourth-order valence-corrected chi connectivity index (χ4v) is 1.88. The number of anilines is 2. The molecule has 1 aromatic carbocycles. The highest BCUT2D eigenvalue weighted by Gasteiger charge is 2.18. The molecule has 0 aliphatic carbocycles. The highest BCUT2D eigenvalue weighted by Crippen LogP contribution is 2.28. The Morgan fingerprint density at radius 1 is 1.50 bits per heavy atom. The number of esters is 1. The molecule has 0 spiro atoms. The molecule has 1 aromatic rings. The third-order valence-corrected chi connectivity index (χ3v) is 2.76. The number of hydrogen-bond donors (Lipinski definition) is 2. The lowest BCUT2D eigenvalue weighted by Crippen LogP contribution is -2.27. The molecule has 0 saturated carbocycles. The first-order valence-electron chi connectivity index (χ1n) is 5.98. The van der Waals surface area contributed by atoms with E-state index in [0.29, 0.717) is 36.4 Å². The maximum atomic E-state index is 11.7. The van der Waals surface area contributed by atoms with Crippen molar-refractivity contribution in [2.45, 2.75) is 13.3 Å². The fourth-order valence-electron chi connectivity index (χ4n) is 1.88. The average molecular weight is 252 g/mol. The Bertz CT molecular complexity index is 407. The van der Waals surface area contributed by atoms with Gasteiger partial charge in [0, 0.05) is 19.7 Å². The molecular weight excluding hydrogens is 232 g/mol. The number of aliphatic hydroxyl groups is 1. The van der Waals surface area contributed by atoms with Gasteiger partial charge in [-0.3, -0.25) is 0 Å². The summed E-state index contributed by atoms with van der Waals surface area (Å²) in [6, 6.07) is 5.17. The molecule has 0 radical (unpaired) electrons. The zero-order valence-electron chi connectivity index (χ0n) is 10.8. The average Bonchev–Trinajstić information content (AvgIpc) is 2.40. The number of nitrogens with zero attached hydrogens (tertiary/aromatic N) is 1. The maximum absolute atomic E-state index is 11.7. The number of carbonyl (C=O) groups is 1. The van der Waals surface area contributed by atoms with E-state index < -0.39 is 5.97 Å². The molecule has 0 bridgehead atoms. The summed E-state index contributed by atoms with van der Waals surface area (Å²) in [5, 5.41) is 8.90. The summed E-state index contributed by atoms with van der Waals surface area (Å²) in [5.74, 6) is -0.403. The SMILES string of the molecule is CCN(CCCO)c1c(N)cccc1C(=O)OC. The standard InChI is InChI=1S/C13H20N2O3/c1-3-15(8-5-9-16)12-10(13(17)18-2)6-4-7-11(12)14/h4,6-7,16H,3,5,8-9,14H2,1-2H3. The van der Waals surface area contributed by atoms with Crippen molar-refractivity contribution in [2.75, 3.05) is 37.4 Å².